The lowest BCUT2D eigenvalue weighted by atomic mass is 9.33. The van der Waals surface area contributed by atoms with Gasteiger partial charge in [0.05, 0.1) is 30.3 Å². The van der Waals surface area contributed by atoms with Gasteiger partial charge in [0.15, 0.2) is 25.0 Å². The molecule has 3 heterocycles. The molecule has 0 aromatic heterocycles. The molecule has 4 saturated carbocycles. The first-order chi connectivity index (χ1) is 31.7. The van der Waals surface area contributed by atoms with E-state index >= 15 is 0 Å². The summed E-state index contributed by atoms with van der Waals surface area (Å²) in [6, 6.07) is 0. The van der Waals surface area contributed by atoms with Gasteiger partial charge < -0.3 is 89.4 Å². The number of carbonyl (C=O) groups excluding carboxylic acids is 1. The fraction of sp³-hybridized carbons (Fsp3) is 0.896. The lowest BCUT2D eigenvalue weighted by Gasteiger charge is -2.71. The highest BCUT2D eigenvalue weighted by atomic mass is 16.8. The minimum absolute atomic E-state index is 0.0282. The SMILES string of the molecule is C[C@@H]1O[C@@H](O[C@@H]2C(O[C@@H]3OC(CO)[C@@H](O)[C@H](O)C3O)[C@H](O[C@H]3CCC4(C)C5CC=C6C7CC(C)(C)CC[C@]7(C(=O)O)C(O)C[C@@]6(C)[C@@]5(C)CC[C@H]4[C@@]3(C)C=O)OC(C(=O)O)[C@H]2O)C(O)C(O)[C@H]1O. The van der Waals surface area contributed by atoms with Crippen LogP contribution in [0.3, 0.4) is 0 Å². The number of rotatable bonds is 10. The summed E-state index contributed by atoms with van der Waals surface area (Å²) < 4.78 is 36.2. The van der Waals surface area contributed by atoms with E-state index in [1.807, 2.05) is 0 Å². The first kappa shape index (κ1) is 52.1. The molecule has 20 heteroatoms. The van der Waals surface area contributed by atoms with Crippen molar-refractivity contribution in [2.75, 3.05) is 6.61 Å². The van der Waals surface area contributed by atoms with Crippen molar-refractivity contribution in [2.24, 2.45) is 50.2 Å². The van der Waals surface area contributed by atoms with Crippen molar-refractivity contribution in [3.05, 3.63) is 11.6 Å². The van der Waals surface area contributed by atoms with Gasteiger partial charge in [-0.2, -0.15) is 0 Å². The number of allylic oxidation sites excluding steroid dienone is 2. The molecular formula is C48H74O20. The van der Waals surface area contributed by atoms with Crippen LogP contribution in [0.15, 0.2) is 11.6 Å². The average Bonchev–Trinajstić information content (AvgIpc) is 3.27. The van der Waals surface area contributed by atoms with E-state index < -0.39 is 150 Å². The normalized spacial score (nSPS) is 54.5. The van der Waals surface area contributed by atoms with Gasteiger partial charge >= 0.3 is 11.9 Å². The fourth-order valence-corrected chi connectivity index (χ4v) is 15.0. The van der Waals surface area contributed by atoms with Gasteiger partial charge in [0.2, 0.25) is 0 Å². The highest BCUT2D eigenvalue weighted by molar-refractivity contribution is 5.78. The summed E-state index contributed by atoms with van der Waals surface area (Å²) >= 11 is 0. The monoisotopic (exact) mass is 970 g/mol. The highest BCUT2D eigenvalue weighted by Gasteiger charge is 2.72. The number of fused-ring (bicyclic) bond motifs is 7. The van der Waals surface area contributed by atoms with E-state index in [9.17, 15) is 70.6 Å². The maximum absolute atomic E-state index is 13.8. The zero-order valence-electron chi connectivity index (χ0n) is 39.9. The summed E-state index contributed by atoms with van der Waals surface area (Å²) in [5.41, 5.74) is -3.12. The van der Waals surface area contributed by atoms with E-state index in [0.717, 1.165) is 11.9 Å². The predicted octanol–water partition coefficient (Wildman–Crippen LogP) is -0.0241. The summed E-state index contributed by atoms with van der Waals surface area (Å²) in [4.78, 5) is 39.9. The molecule has 10 unspecified atom stereocenters. The number of aliphatic hydroxyl groups is 9. The minimum atomic E-state index is -2.15. The van der Waals surface area contributed by atoms with Crippen molar-refractivity contribution in [2.45, 2.75) is 211 Å². The van der Waals surface area contributed by atoms with Crippen molar-refractivity contribution < 1.29 is 99.0 Å². The zero-order valence-corrected chi connectivity index (χ0v) is 39.9. The lowest BCUT2D eigenvalue weighted by molar-refractivity contribution is -0.394. The Labute approximate surface area is 395 Å². The summed E-state index contributed by atoms with van der Waals surface area (Å²) in [5, 5.41) is 119. The third kappa shape index (κ3) is 7.77. The second-order valence-electron chi connectivity index (χ2n) is 23.3. The van der Waals surface area contributed by atoms with Crippen LogP contribution in [-0.2, 0) is 42.8 Å². The molecule has 0 spiro atoms. The number of aliphatic carboxylic acids is 2. The van der Waals surface area contributed by atoms with Gasteiger partial charge in [-0.15, -0.1) is 0 Å². The van der Waals surface area contributed by atoms with Gasteiger partial charge in [0.25, 0.3) is 0 Å². The van der Waals surface area contributed by atoms with Gasteiger partial charge in [0.1, 0.15) is 72.7 Å². The Bertz CT molecular complexity index is 1950. The molecule has 0 aromatic carbocycles. The molecule has 0 radical (unpaired) electrons. The molecule has 3 aliphatic heterocycles. The molecule has 0 amide bonds. The van der Waals surface area contributed by atoms with Crippen LogP contribution in [0.2, 0.25) is 0 Å². The van der Waals surface area contributed by atoms with Crippen LogP contribution in [0.5, 0.6) is 0 Å². The number of hydrogen-bond donors (Lipinski definition) is 11. The van der Waals surface area contributed by atoms with Crippen LogP contribution < -0.4 is 0 Å². The zero-order chi connectivity index (χ0) is 50.0. The van der Waals surface area contributed by atoms with E-state index in [2.05, 4.69) is 40.7 Å². The average molecular weight is 971 g/mol. The van der Waals surface area contributed by atoms with Gasteiger partial charge in [-0.3, -0.25) is 4.79 Å². The van der Waals surface area contributed by atoms with Gasteiger partial charge in [-0.1, -0.05) is 53.2 Å². The number of aliphatic hydroxyl groups excluding tert-OH is 9. The molecular weight excluding hydrogens is 897 g/mol. The molecule has 5 aliphatic carbocycles. The Hall–Kier alpha value is -2.25. The third-order valence-corrected chi connectivity index (χ3v) is 19.3. The van der Waals surface area contributed by atoms with Crippen LogP contribution in [0.1, 0.15) is 106 Å². The number of aldehydes is 1. The van der Waals surface area contributed by atoms with E-state index in [1.165, 1.54) is 6.92 Å². The van der Waals surface area contributed by atoms with Gasteiger partial charge in [0, 0.05) is 0 Å². The number of hydrogen-bond acceptors (Lipinski definition) is 18. The Morgan fingerprint density at radius 3 is 1.96 bits per heavy atom. The van der Waals surface area contributed by atoms with Crippen LogP contribution >= 0.6 is 0 Å². The Morgan fingerprint density at radius 1 is 0.706 bits per heavy atom. The molecule has 0 bridgehead atoms. The van der Waals surface area contributed by atoms with Crippen molar-refractivity contribution in [1.82, 2.24) is 0 Å². The van der Waals surface area contributed by atoms with Crippen LogP contribution in [-0.4, -0.2) is 185 Å². The van der Waals surface area contributed by atoms with Crippen molar-refractivity contribution in [1.29, 1.82) is 0 Å². The molecule has 11 N–H and O–H groups in total. The second-order valence-corrected chi connectivity index (χ2v) is 23.3. The lowest BCUT2D eigenvalue weighted by Crippen LogP contribution is -2.69. The number of ether oxygens (including phenoxy) is 6. The largest absolute Gasteiger partial charge is 0.481 e. The molecule has 0 aromatic rings. The smallest absolute Gasteiger partial charge is 0.335 e. The van der Waals surface area contributed by atoms with Crippen molar-refractivity contribution in [3.63, 3.8) is 0 Å². The maximum atomic E-state index is 13.8. The maximum Gasteiger partial charge on any atom is 0.335 e. The van der Waals surface area contributed by atoms with E-state index in [-0.39, 0.29) is 36.0 Å². The molecule has 3 saturated heterocycles. The summed E-state index contributed by atoms with van der Waals surface area (Å²) in [6.07, 6.45) is -21.9. The number of carbonyl (C=O) groups is 3. The summed E-state index contributed by atoms with van der Waals surface area (Å²) in [7, 11) is 0. The highest BCUT2D eigenvalue weighted by Crippen LogP contribution is 2.76. The molecule has 8 rings (SSSR count). The molecule has 25 atom stereocenters. The van der Waals surface area contributed by atoms with Crippen LogP contribution in [0.25, 0.3) is 0 Å². The van der Waals surface area contributed by atoms with Gasteiger partial charge in [-0.05, 0) is 104 Å². The molecule has 20 nitrogen and oxygen atoms in total. The van der Waals surface area contributed by atoms with E-state index in [1.54, 1.807) is 6.92 Å². The Kier molecular flexibility index (Phi) is 13.8. The van der Waals surface area contributed by atoms with Crippen molar-refractivity contribution >= 4 is 18.2 Å². The molecule has 68 heavy (non-hydrogen) atoms. The van der Waals surface area contributed by atoms with Crippen LogP contribution in [0, 0.1) is 50.2 Å². The summed E-state index contributed by atoms with van der Waals surface area (Å²) in [6.45, 7) is 13.2. The Balaban J connectivity index is 1.13. The minimum Gasteiger partial charge on any atom is -0.481 e. The first-order valence-electron chi connectivity index (χ1n) is 24.3. The van der Waals surface area contributed by atoms with Crippen LogP contribution in [0.4, 0.5) is 0 Å². The predicted molar refractivity (Wildman–Crippen MR) is 231 cm³/mol. The quantitative estimate of drug-likeness (QED) is 0.0778. The van der Waals surface area contributed by atoms with E-state index in [0.29, 0.717) is 44.9 Å². The Morgan fingerprint density at radius 2 is 1.34 bits per heavy atom. The standard InChI is InChI=1S/C48H74O20/c1-20-28(52)30(54)32(56)39(63-20)66-35-34(58)36(38(59)60)67-41(37(35)68-40-33(57)31(55)29(53)23(18-49)64-40)65-27-11-12-44(4)24(45(27,5)19-50)10-13-46(6)25(44)9-8-21-22-16-43(2,3)14-15-48(22,42(61)62)26(51)17-47(21,46)7/h8,19-20,22-37,39-41,49,51-58H,9-18H2,1-7H3,(H,59,60)(H,61,62)/t20-,22?,23?,24+,25?,26?,27-,28-,29+,30?,31-,32?,33?,34-,35-,36?,37?,39-,40-,41+,44?,45+,46-,47+,48+/m0/s1. The number of carboxylic acid groups (broad SMARTS) is 2. The molecule has 8 aliphatic rings. The third-order valence-electron chi connectivity index (χ3n) is 19.3. The topological polar surface area (TPSA) is 329 Å². The summed E-state index contributed by atoms with van der Waals surface area (Å²) in [5.74, 6) is -3.37. The fourth-order valence-electron chi connectivity index (χ4n) is 15.0. The molecule has 7 fully saturated rings. The van der Waals surface area contributed by atoms with Gasteiger partial charge in [-0.25, -0.2) is 4.79 Å². The van der Waals surface area contributed by atoms with Crippen molar-refractivity contribution in [3.8, 4) is 0 Å². The second kappa shape index (κ2) is 18.0. The first-order valence-corrected chi connectivity index (χ1v) is 24.3. The number of carboxylic acids is 2. The van der Waals surface area contributed by atoms with E-state index in [4.69, 9.17) is 28.4 Å². The molecule has 386 valence electrons.